The zero-order chi connectivity index (χ0) is 15.4. The zero-order valence-corrected chi connectivity index (χ0v) is 13.3. The van der Waals surface area contributed by atoms with Crippen molar-refractivity contribution in [2.75, 3.05) is 11.9 Å². The number of aromatic nitrogens is 2. The molecule has 1 aromatic heterocycles. The predicted octanol–water partition coefficient (Wildman–Crippen LogP) is 3.39. The van der Waals surface area contributed by atoms with Crippen molar-refractivity contribution >= 4 is 11.4 Å². The molecular weight excluding hydrogens is 260 g/mol. The third-order valence-electron chi connectivity index (χ3n) is 3.67. The third kappa shape index (κ3) is 3.39. The minimum atomic E-state index is 0.304. The van der Waals surface area contributed by atoms with E-state index in [2.05, 4.69) is 59.9 Å². The van der Waals surface area contributed by atoms with Crippen LogP contribution in [0.4, 0.5) is 11.4 Å². The van der Waals surface area contributed by atoms with E-state index in [0.717, 1.165) is 29.3 Å². The van der Waals surface area contributed by atoms with Crippen LogP contribution in [0.25, 0.3) is 0 Å². The Bertz CT molecular complexity index is 590. The minimum Gasteiger partial charge on any atom is -0.342 e. The first-order valence-electron chi connectivity index (χ1n) is 7.45. The van der Waals surface area contributed by atoms with E-state index in [1.807, 2.05) is 13.2 Å². The van der Waals surface area contributed by atoms with Crippen LogP contribution in [-0.2, 0) is 13.0 Å². The summed E-state index contributed by atoms with van der Waals surface area (Å²) in [4.78, 5) is 11.1. The van der Waals surface area contributed by atoms with Crippen molar-refractivity contribution in [1.29, 1.82) is 0 Å². The van der Waals surface area contributed by atoms with Gasteiger partial charge < -0.3 is 10.6 Å². The molecule has 21 heavy (non-hydrogen) atoms. The van der Waals surface area contributed by atoms with Crippen molar-refractivity contribution in [3.05, 3.63) is 47.5 Å². The Morgan fingerprint density at radius 1 is 1.19 bits per heavy atom. The minimum absolute atomic E-state index is 0.304. The van der Waals surface area contributed by atoms with Crippen LogP contribution in [0.2, 0.25) is 0 Å². The number of aryl methyl sites for hydroxylation is 1. The average molecular weight is 284 g/mol. The summed E-state index contributed by atoms with van der Waals surface area (Å²) in [6.45, 7) is 6.74. The molecule has 0 aliphatic heterocycles. The molecule has 0 amide bonds. The van der Waals surface area contributed by atoms with Crippen LogP contribution >= 0.6 is 0 Å². The van der Waals surface area contributed by atoms with Crippen molar-refractivity contribution in [2.24, 2.45) is 5.73 Å². The maximum atomic E-state index is 5.86. The lowest BCUT2D eigenvalue weighted by atomic mass is 10.1. The van der Waals surface area contributed by atoms with Crippen LogP contribution in [0.3, 0.4) is 0 Å². The van der Waals surface area contributed by atoms with Gasteiger partial charge >= 0.3 is 0 Å². The van der Waals surface area contributed by atoms with Gasteiger partial charge in [-0.3, -0.25) is 0 Å². The van der Waals surface area contributed by atoms with Crippen molar-refractivity contribution in [3.63, 3.8) is 0 Å². The van der Waals surface area contributed by atoms with Crippen LogP contribution < -0.4 is 10.6 Å². The molecule has 2 aromatic rings. The van der Waals surface area contributed by atoms with E-state index in [4.69, 9.17) is 5.73 Å². The topological polar surface area (TPSA) is 55.0 Å². The summed E-state index contributed by atoms with van der Waals surface area (Å²) in [6, 6.07) is 8.54. The summed E-state index contributed by atoms with van der Waals surface area (Å²) in [7, 11) is 2.02. The van der Waals surface area contributed by atoms with Gasteiger partial charge in [-0.25, -0.2) is 9.97 Å². The van der Waals surface area contributed by atoms with Crippen molar-refractivity contribution in [2.45, 2.75) is 39.7 Å². The lowest BCUT2D eigenvalue weighted by Crippen LogP contribution is -2.16. The van der Waals surface area contributed by atoms with Crippen LogP contribution in [-0.4, -0.2) is 17.0 Å². The van der Waals surface area contributed by atoms with Crippen LogP contribution in [0, 0.1) is 0 Å². The molecule has 0 saturated heterocycles. The molecule has 0 fully saturated rings. The fourth-order valence-electron chi connectivity index (χ4n) is 2.23. The van der Waals surface area contributed by atoms with Crippen molar-refractivity contribution in [3.8, 4) is 0 Å². The maximum absolute atomic E-state index is 5.86. The molecule has 112 valence electrons. The fourth-order valence-corrected chi connectivity index (χ4v) is 2.23. The number of hydrogen-bond donors (Lipinski definition) is 1. The number of nitrogens with two attached hydrogens (primary N) is 1. The van der Waals surface area contributed by atoms with E-state index in [1.165, 1.54) is 5.56 Å². The molecule has 0 spiro atoms. The molecule has 1 heterocycles. The maximum Gasteiger partial charge on any atom is 0.131 e. The van der Waals surface area contributed by atoms with E-state index < -0.39 is 0 Å². The lowest BCUT2D eigenvalue weighted by molar-refractivity contribution is 0.754. The number of nitrogens with zero attached hydrogens (tertiary/aromatic N) is 3. The van der Waals surface area contributed by atoms with Gasteiger partial charge in [0.2, 0.25) is 0 Å². The fraction of sp³-hybridized carbons (Fsp3) is 0.412. The highest BCUT2D eigenvalue weighted by atomic mass is 15.1. The van der Waals surface area contributed by atoms with E-state index >= 15 is 0 Å². The summed E-state index contributed by atoms with van der Waals surface area (Å²) in [5.41, 5.74) is 10.2. The van der Waals surface area contributed by atoms with E-state index in [1.54, 1.807) is 0 Å². The predicted molar refractivity (Wildman–Crippen MR) is 87.9 cm³/mol. The van der Waals surface area contributed by atoms with Gasteiger partial charge in [0.1, 0.15) is 5.82 Å². The molecule has 0 radical (unpaired) electrons. The Labute approximate surface area is 127 Å². The zero-order valence-electron chi connectivity index (χ0n) is 13.3. The van der Waals surface area contributed by atoms with Crippen LogP contribution in [0.1, 0.15) is 43.8 Å². The first kappa shape index (κ1) is 15.4. The quantitative estimate of drug-likeness (QED) is 0.914. The highest BCUT2D eigenvalue weighted by Gasteiger charge is 2.13. The first-order chi connectivity index (χ1) is 10.1. The van der Waals surface area contributed by atoms with Gasteiger partial charge in [-0.1, -0.05) is 32.9 Å². The van der Waals surface area contributed by atoms with Gasteiger partial charge in [0, 0.05) is 25.2 Å². The summed E-state index contributed by atoms with van der Waals surface area (Å²) in [5, 5.41) is 0. The molecule has 2 rings (SSSR count). The van der Waals surface area contributed by atoms with Gasteiger partial charge in [-0.2, -0.15) is 0 Å². The number of rotatable bonds is 5. The first-order valence-corrected chi connectivity index (χ1v) is 7.45. The second kappa shape index (κ2) is 6.68. The monoisotopic (exact) mass is 284 g/mol. The number of benzene rings is 1. The molecule has 0 bridgehead atoms. The van der Waals surface area contributed by atoms with Crippen LogP contribution in [0.15, 0.2) is 30.5 Å². The van der Waals surface area contributed by atoms with E-state index in [0.29, 0.717) is 12.5 Å². The molecule has 0 aliphatic carbocycles. The molecule has 4 nitrogen and oxygen atoms in total. The van der Waals surface area contributed by atoms with E-state index in [9.17, 15) is 0 Å². The molecule has 0 unspecified atom stereocenters. The standard InChI is InChI=1S/C17H24N4/c1-5-13-6-8-14(9-7-13)21(4)16-11-19-17(12(2)3)20-15(16)10-18/h6-9,11-12H,5,10,18H2,1-4H3. The summed E-state index contributed by atoms with van der Waals surface area (Å²) >= 11 is 0. The Morgan fingerprint density at radius 2 is 1.86 bits per heavy atom. The van der Waals surface area contributed by atoms with Crippen molar-refractivity contribution < 1.29 is 0 Å². The smallest absolute Gasteiger partial charge is 0.131 e. The third-order valence-corrected chi connectivity index (χ3v) is 3.67. The normalized spacial score (nSPS) is 11.0. The molecule has 1 aromatic carbocycles. The largest absolute Gasteiger partial charge is 0.342 e. The summed E-state index contributed by atoms with van der Waals surface area (Å²) in [5.74, 6) is 1.15. The van der Waals surface area contributed by atoms with Gasteiger partial charge in [-0.05, 0) is 24.1 Å². The molecule has 0 atom stereocenters. The Balaban J connectivity index is 2.35. The average Bonchev–Trinajstić information content (AvgIpc) is 2.53. The second-order valence-corrected chi connectivity index (χ2v) is 5.50. The van der Waals surface area contributed by atoms with Gasteiger partial charge in [0.15, 0.2) is 0 Å². The second-order valence-electron chi connectivity index (χ2n) is 5.50. The molecular formula is C17H24N4. The SMILES string of the molecule is CCc1ccc(N(C)c2cnc(C(C)C)nc2CN)cc1. The highest BCUT2D eigenvalue weighted by Crippen LogP contribution is 2.26. The molecule has 0 saturated carbocycles. The number of anilines is 2. The highest BCUT2D eigenvalue weighted by molar-refractivity contribution is 5.64. The Morgan fingerprint density at radius 3 is 2.38 bits per heavy atom. The molecule has 4 heteroatoms. The Kier molecular flexibility index (Phi) is 4.91. The van der Waals surface area contributed by atoms with E-state index in [-0.39, 0.29) is 0 Å². The van der Waals surface area contributed by atoms with Gasteiger partial charge in [0.05, 0.1) is 17.6 Å². The number of hydrogen-bond acceptors (Lipinski definition) is 4. The van der Waals surface area contributed by atoms with Gasteiger partial charge in [0.25, 0.3) is 0 Å². The summed E-state index contributed by atoms with van der Waals surface area (Å²) < 4.78 is 0. The van der Waals surface area contributed by atoms with Crippen molar-refractivity contribution in [1.82, 2.24) is 9.97 Å². The summed E-state index contributed by atoms with van der Waals surface area (Å²) in [6.07, 6.45) is 2.92. The molecule has 2 N–H and O–H groups in total. The van der Waals surface area contributed by atoms with Crippen LogP contribution in [0.5, 0.6) is 0 Å². The van der Waals surface area contributed by atoms with Gasteiger partial charge in [-0.15, -0.1) is 0 Å². The molecule has 0 aliphatic rings. The lowest BCUT2D eigenvalue weighted by Gasteiger charge is -2.22. The Hall–Kier alpha value is -1.94.